The summed E-state index contributed by atoms with van der Waals surface area (Å²) in [5.74, 6) is 0. The Kier molecular flexibility index (Phi) is 5.61. The standard InChI is InChI=1S/C8H10/c1-3-5-7-8-6-4-2/h3-8H,1-2H2/b5-3+,6-4+,8-7+. The quantitative estimate of drug-likeness (QED) is 0.474. The van der Waals surface area contributed by atoms with E-state index in [9.17, 15) is 0 Å². The lowest BCUT2D eigenvalue weighted by Crippen LogP contribution is -1.46. The van der Waals surface area contributed by atoms with Gasteiger partial charge in [-0.3, -0.25) is 0 Å². The van der Waals surface area contributed by atoms with Gasteiger partial charge in [0.25, 0.3) is 0 Å². The Morgan fingerprint density at radius 1 is 0.625 bits per heavy atom. The van der Waals surface area contributed by atoms with Crippen LogP contribution < -0.4 is 0 Å². The van der Waals surface area contributed by atoms with Gasteiger partial charge in [0.05, 0.1) is 0 Å². The minimum atomic E-state index is 1.73. The van der Waals surface area contributed by atoms with Crippen molar-refractivity contribution in [2.45, 2.75) is 0 Å². The monoisotopic (exact) mass is 106 g/mol. The van der Waals surface area contributed by atoms with Crippen LogP contribution in [0.3, 0.4) is 0 Å². The summed E-state index contributed by atoms with van der Waals surface area (Å²) in [6.45, 7) is 7.02. The summed E-state index contributed by atoms with van der Waals surface area (Å²) in [7, 11) is 0. The van der Waals surface area contributed by atoms with E-state index in [1.165, 1.54) is 0 Å². The Morgan fingerprint density at radius 3 is 1.25 bits per heavy atom. The third-order valence-corrected chi connectivity index (χ3v) is 0.605. The van der Waals surface area contributed by atoms with E-state index in [2.05, 4.69) is 13.8 Å². The first-order valence-electron chi connectivity index (χ1n) is 2.48. The van der Waals surface area contributed by atoms with Crippen molar-refractivity contribution in [2.75, 3.05) is 0 Å². The molecule has 0 aromatic rings. The molecule has 0 heteroatoms. The molecule has 0 heterocycles. The Balaban J connectivity index is 3.35. The Bertz CT molecular complexity index is 91.2. The van der Waals surface area contributed by atoms with Crippen LogP contribution in [-0.2, 0) is 0 Å². The van der Waals surface area contributed by atoms with Gasteiger partial charge in [-0.05, 0) is 13.8 Å². The second-order valence-electron chi connectivity index (χ2n) is 1.24. The predicted molar refractivity (Wildman–Crippen MR) is 38.1 cm³/mol. The van der Waals surface area contributed by atoms with E-state index < -0.39 is 0 Å². The molecular formula is C8H10. The maximum absolute atomic E-state index is 3.51. The summed E-state index contributed by atoms with van der Waals surface area (Å²) in [6.07, 6.45) is 11.0. The zero-order valence-electron chi connectivity index (χ0n) is 4.88. The van der Waals surface area contributed by atoms with Crippen molar-refractivity contribution < 1.29 is 0 Å². The minimum absolute atomic E-state index is 1.73. The first kappa shape index (κ1) is 7.22. The molecule has 0 saturated heterocycles. The van der Waals surface area contributed by atoms with Gasteiger partial charge in [0.1, 0.15) is 0 Å². The molecule has 2 radical (unpaired) electrons. The van der Waals surface area contributed by atoms with Crippen LogP contribution in [0, 0.1) is 13.8 Å². The zero-order valence-corrected chi connectivity index (χ0v) is 4.88. The van der Waals surface area contributed by atoms with Crippen molar-refractivity contribution in [3.63, 3.8) is 0 Å². The van der Waals surface area contributed by atoms with Gasteiger partial charge in [0.2, 0.25) is 0 Å². The van der Waals surface area contributed by atoms with Crippen molar-refractivity contribution in [2.24, 2.45) is 0 Å². The lowest BCUT2D eigenvalue weighted by Gasteiger charge is -1.68. The molecule has 0 aliphatic rings. The lowest BCUT2D eigenvalue weighted by molar-refractivity contribution is 1.88. The van der Waals surface area contributed by atoms with E-state index in [0.29, 0.717) is 0 Å². The molecule has 0 aromatic carbocycles. The normalized spacial score (nSPS) is 12.8. The third kappa shape index (κ3) is 5.22. The highest BCUT2D eigenvalue weighted by Crippen LogP contribution is 1.77. The first-order valence-corrected chi connectivity index (χ1v) is 2.48. The highest BCUT2D eigenvalue weighted by Gasteiger charge is 1.55. The van der Waals surface area contributed by atoms with Gasteiger partial charge in [-0.15, -0.1) is 0 Å². The molecule has 42 valence electrons. The molecule has 0 fully saturated rings. The van der Waals surface area contributed by atoms with E-state index >= 15 is 0 Å². The van der Waals surface area contributed by atoms with E-state index in [1.807, 2.05) is 24.3 Å². The average Bonchev–Trinajstić information content (AvgIpc) is 1.81. The Labute approximate surface area is 51.2 Å². The summed E-state index contributed by atoms with van der Waals surface area (Å²) in [6, 6.07) is 0. The van der Waals surface area contributed by atoms with Gasteiger partial charge in [-0.25, -0.2) is 0 Å². The van der Waals surface area contributed by atoms with Gasteiger partial charge in [0, 0.05) is 0 Å². The molecule has 0 amide bonds. The molecule has 0 rings (SSSR count). The second kappa shape index (κ2) is 6.22. The minimum Gasteiger partial charge on any atom is -0.0842 e. The molecule has 0 saturated carbocycles. The summed E-state index contributed by atoms with van der Waals surface area (Å²) in [5, 5.41) is 0. The molecular weight excluding hydrogens is 96.1 g/mol. The van der Waals surface area contributed by atoms with Gasteiger partial charge in [0.15, 0.2) is 0 Å². The van der Waals surface area contributed by atoms with Gasteiger partial charge < -0.3 is 0 Å². The highest BCUT2D eigenvalue weighted by atomic mass is 13.6. The molecule has 0 aromatic heterocycles. The largest absolute Gasteiger partial charge is 0.0842 e. The maximum Gasteiger partial charge on any atom is -0.0313 e. The van der Waals surface area contributed by atoms with Gasteiger partial charge in [-0.2, -0.15) is 0 Å². The van der Waals surface area contributed by atoms with Crippen LogP contribution >= 0.6 is 0 Å². The first-order chi connectivity index (χ1) is 3.91. The van der Waals surface area contributed by atoms with E-state index in [0.717, 1.165) is 0 Å². The fraction of sp³-hybridized carbons (Fsp3) is 0. The van der Waals surface area contributed by atoms with Crippen LogP contribution in [0.2, 0.25) is 0 Å². The topological polar surface area (TPSA) is 0 Å². The van der Waals surface area contributed by atoms with Crippen LogP contribution in [0.4, 0.5) is 0 Å². The summed E-state index contributed by atoms with van der Waals surface area (Å²) in [5.41, 5.74) is 0. The summed E-state index contributed by atoms with van der Waals surface area (Å²) < 4.78 is 0. The summed E-state index contributed by atoms with van der Waals surface area (Å²) >= 11 is 0. The zero-order chi connectivity index (χ0) is 6.24. The molecule has 0 N–H and O–H groups in total. The number of rotatable bonds is 2. The molecule has 0 aliphatic heterocycles. The van der Waals surface area contributed by atoms with E-state index in [1.54, 1.807) is 12.2 Å². The molecule has 0 atom stereocenters. The van der Waals surface area contributed by atoms with Crippen molar-refractivity contribution in [1.29, 1.82) is 0 Å². The van der Waals surface area contributed by atoms with Gasteiger partial charge in [-0.1, -0.05) is 36.5 Å². The SMILES string of the molecule is [CH2]/C=C/C=C/C=C/[CH2]. The highest BCUT2D eigenvalue weighted by molar-refractivity contribution is 5.11. The van der Waals surface area contributed by atoms with Crippen LogP contribution in [0.5, 0.6) is 0 Å². The number of hydrogen-bond donors (Lipinski definition) is 0. The van der Waals surface area contributed by atoms with Crippen molar-refractivity contribution in [1.82, 2.24) is 0 Å². The van der Waals surface area contributed by atoms with Crippen molar-refractivity contribution in [3.8, 4) is 0 Å². The number of hydrogen-bond acceptors (Lipinski definition) is 0. The van der Waals surface area contributed by atoms with Crippen molar-refractivity contribution in [3.05, 3.63) is 50.3 Å². The molecule has 0 unspecified atom stereocenters. The van der Waals surface area contributed by atoms with E-state index in [4.69, 9.17) is 0 Å². The van der Waals surface area contributed by atoms with Crippen LogP contribution in [-0.4, -0.2) is 0 Å². The number of allylic oxidation sites excluding steroid dienone is 6. The third-order valence-electron chi connectivity index (χ3n) is 0.605. The molecule has 0 aliphatic carbocycles. The fourth-order valence-electron chi connectivity index (χ4n) is 0.285. The average molecular weight is 106 g/mol. The van der Waals surface area contributed by atoms with Crippen LogP contribution in [0.15, 0.2) is 36.5 Å². The molecule has 0 nitrogen and oxygen atoms in total. The van der Waals surface area contributed by atoms with Crippen molar-refractivity contribution >= 4 is 0 Å². The fourth-order valence-corrected chi connectivity index (χ4v) is 0.285. The smallest absolute Gasteiger partial charge is 0.0313 e. The van der Waals surface area contributed by atoms with Crippen LogP contribution in [0.25, 0.3) is 0 Å². The maximum atomic E-state index is 3.51. The van der Waals surface area contributed by atoms with E-state index in [-0.39, 0.29) is 0 Å². The summed E-state index contributed by atoms with van der Waals surface area (Å²) in [4.78, 5) is 0. The second-order valence-corrected chi connectivity index (χ2v) is 1.24. The van der Waals surface area contributed by atoms with Crippen LogP contribution in [0.1, 0.15) is 0 Å². The molecule has 0 bridgehead atoms. The van der Waals surface area contributed by atoms with Gasteiger partial charge >= 0.3 is 0 Å². The molecule has 0 spiro atoms. The lowest BCUT2D eigenvalue weighted by atomic mass is 10.4. The Hall–Kier alpha value is -0.780. The Morgan fingerprint density at radius 2 is 1.00 bits per heavy atom. The molecule has 8 heavy (non-hydrogen) atoms. The predicted octanol–water partition coefficient (Wildman–Crippen LogP) is 2.32.